The zero-order valence-electron chi connectivity index (χ0n) is 12.0. The third-order valence-electron chi connectivity index (χ3n) is 4.11. The van der Waals surface area contributed by atoms with Crippen molar-refractivity contribution in [3.05, 3.63) is 27.7 Å². The van der Waals surface area contributed by atoms with E-state index in [0.717, 1.165) is 12.8 Å². The number of hydrogen-bond donors (Lipinski definition) is 2. The molecule has 1 aliphatic rings. The number of carbonyl (C=O) groups is 1. The second kappa shape index (κ2) is 7.12. The van der Waals surface area contributed by atoms with E-state index in [-0.39, 0.29) is 10.7 Å². The summed E-state index contributed by atoms with van der Waals surface area (Å²) in [6.45, 7) is 0.673. The highest BCUT2D eigenvalue weighted by atomic mass is 35.5. The van der Waals surface area contributed by atoms with Gasteiger partial charge in [-0.1, -0.05) is 42.5 Å². The van der Waals surface area contributed by atoms with Crippen LogP contribution in [0.15, 0.2) is 12.1 Å². The van der Waals surface area contributed by atoms with E-state index in [1.807, 2.05) is 11.8 Å². The summed E-state index contributed by atoms with van der Waals surface area (Å²) in [5.74, 6) is -0.155. The maximum atomic E-state index is 12.3. The Hall–Kier alpha value is -0.580. The molecule has 1 aromatic rings. The summed E-state index contributed by atoms with van der Waals surface area (Å²) in [5, 5.41) is 3.64. The fourth-order valence-electron chi connectivity index (χ4n) is 2.71. The van der Waals surface area contributed by atoms with Crippen molar-refractivity contribution in [2.24, 2.45) is 0 Å². The van der Waals surface area contributed by atoms with Crippen LogP contribution in [0.2, 0.25) is 10.0 Å². The van der Waals surface area contributed by atoms with Crippen LogP contribution in [-0.4, -0.2) is 23.5 Å². The molecule has 21 heavy (non-hydrogen) atoms. The number of anilines is 1. The molecule has 2 rings (SSSR count). The Morgan fingerprint density at radius 1 is 1.29 bits per heavy atom. The third-order valence-corrected chi connectivity index (χ3v) is 6.15. The molecule has 3 nitrogen and oxygen atoms in total. The minimum atomic E-state index is -0.155. The summed E-state index contributed by atoms with van der Waals surface area (Å²) in [6.07, 6.45) is 8.18. The van der Waals surface area contributed by atoms with Crippen LogP contribution in [0.4, 0.5) is 5.69 Å². The van der Waals surface area contributed by atoms with E-state index < -0.39 is 0 Å². The smallest absolute Gasteiger partial charge is 0.251 e. The number of nitrogens with one attached hydrogen (secondary N) is 1. The van der Waals surface area contributed by atoms with E-state index in [1.54, 1.807) is 12.1 Å². The lowest BCUT2D eigenvalue weighted by molar-refractivity contribution is 0.0947. The number of hydrogen-bond acceptors (Lipinski definition) is 3. The predicted molar refractivity (Wildman–Crippen MR) is 92.5 cm³/mol. The minimum absolute atomic E-state index is 0.155. The molecule has 0 unspecified atom stereocenters. The Labute approximate surface area is 139 Å². The summed E-state index contributed by atoms with van der Waals surface area (Å²) < 4.78 is 0.162. The second-order valence-corrected chi connectivity index (χ2v) is 7.57. The van der Waals surface area contributed by atoms with Crippen LogP contribution in [0.3, 0.4) is 0 Å². The van der Waals surface area contributed by atoms with Crippen LogP contribution in [0.1, 0.15) is 42.5 Å². The highest BCUT2D eigenvalue weighted by Crippen LogP contribution is 2.38. The van der Waals surface area contributed by atoms with Gasteiger partial charge in [0.15, 0.2) is 0 Å². The number of rotatable bonds is 4. The SMILES string of the molecule is CSC1(CNC(=O)c2cc(Cl)c(N)c(Cl)c2)CCCCC1. The van der Waals surface area contributed by atoms with Gasteiger partial charge < -0.3 is 11.1 Å². The largest absolute Gasteiger partial charge is 0.396 e. The normalized spacial score (nSPS) is 17.5. The third kappa shape index (κ3) is 3.99. The molecule has 0 radical (unpaired) electrons. The number of amides is 1. The number of carbonyl (C=O) groups excluding carboxylic acids is 1. The lowest BCUT2D eigenvalue weighted by atomic mass is 9.88. The van der Waals surface area contributed by atoms with E-state index in [1.165, 1.54) is 19.3 Å². The fraction of sp³-hybridized carbons (Fsp3) is 0.533. The van der Waals surface area contributed by atoms with Crippen LogP contribution in [0.5, 0.6) is 0 Å². The summed E-state index contributed by atoms with van der Waals surface area (Å²) >= 11 is 13.8. The fourth-order valence-corrected chi connectivity index (χ4v) is 4.11. The summed E-state index contributed by atoms with van der Waals surface area (Å²) in [5.41, 5.74) is 6.44. The minimum Gasteiger partial charge on any atom is -0.396 e. The Bertz CT molecular complexity index is 507. The van der Waals surface area contributed by atoms with Gasteiger partial charge in [-0.25, -0.2) is 0 Å². The molecule has 1 saturated carbocycles. The van der Waals surface area contributed by atoms with Crippen molar-refractivity contribution in [3.63, 3.8) is 0 Å². The van der Waals surface area contributed by atoms with Gasteiger partial charge in [0.2, 0.25) is 0 Å². The number of nitrogen functional groups attached to an aromatic ring is 1. The monoisotopic (exact) mass is 346 g/mol. The lowest BCUT2D eigenvalue weighted by Crippen LogP contribution is -2.41. The second-order valence-electron chi connectivity index (χ2n) is 5.48. The van der Waals surface area contributed by atoms with Crippen molar-refractivity contribution in [1.29, 1.82) is 0 Å². The molecular weight excluding hydrogens is 327 g/mol. The summed E-state index contributed by atoms with van der Waals surface area (Å²) in [7, 11) is 0. The molecule has 1 fully saturated rings. The standard InChI is InChI=1S/C15H20Cl2N2OS/c1-21-15(5-3-2-4-6-15)9-19-14(20)10-7-11(16)13(18)12(17)8-10/h7-8H,2-6,9,18H2,1H3,(H,19,20). The molecule has 0 aromatic heterocycles. The molecule has 0 heterocycles. The molecule has 0 aliphatic heterocycles. The Kier molecular flexibility index (Phi) is 5.69. The average molecular weight is 347 g/mol. The quantitative estimate of drug-likeness (QED) is 0.795. The molecule has 1 amide bonds. The van der Waals surface area contributed by atoms with Gasteiger partial charge in [0.05, 0.1) is 15.7 Å². The molecular formula is C15H20Cl2N2OS. The molecule has 0 saturated heterocycles. The Morgan fingerprint density at radius 2 is 1.86 bits per heavy atom. The van der Waals surface area contributed by atoms with Crippen LogP contribution in [0.25, 0.3) is 0 Å². The van der Waals surface area contributed by atoms with Crippen LogP contribution in [0, 0.1) is 0 Å². The van der Waals surface area contributed by atoms with Gasteiger partial charge in [0.25, 0.3) is 5.91 Å². The average Bonchev–Trinajstić information content (AvgIpc) is 2.50. The van der Waals surface area contributed by atoms with Gasteiger partial charge in [0, 0.05) is 16.9 Å². The molecule has 0 atom stereocenters. The topological polar surface area (TPSA) is 55.1 Å². The maximum Gasteiger partial charge on any atom is 0.251 e. The number of benzene rings is 1. The molecule has 0 spiro atoms. The van der Waals surface area contributed by atoms with Gasteiger partial charge in [-0.15, -0.1) is 0 Å². The van der Waals surface area contributed by atoms with Crippen LogP contribution >= 0.6 is 35.0 Å². The number of nitrogens with two attached hydrogens (primary N) is 1. The Balaban J connectivity index is 2.04. The van der Waals surface area contributed by atoms with E-state index in [2.05, 4.69) is 11.6 Å². The first-order valence-corrected chi connectivity index (χ1v) is 9.03. The zero-order valence-corrected chi connectivity index (χ0v) is 14.4. The highest BCUT2D eigenvalue weighted by Gasteiger charge is 2.31. The van der Waals surface area contributed by atoms with E-state index in [4.69, 9.17) is 28.9 Å². The zero-order chi connectivity index (χ0) is 15.5. The molecule has 3 N–H and O–H groups in total. The molecule has 116 valence electrons. The molecule has 6 heteroatoms. The van der Waals surface area contributed by atoms with Gasteiger partial charge in [-0.05, 0) is 31.2 Å². The van der Waals surface area contributed by atoms with Crippen LogP contribution < -0.4 is 11.1 Å². The first-order valence-electron chi connectivity index (χ1n) is 7.05. The van der Waals surface area contributed by atoms with E-state index in [9.17, 15) is 4.79 Å². The van der Waals surface area contributed by atoms with Crippen molar-refractivity contribution in [1.82, 2.24) is 5.32 Å². The molecule has 1 aromatic carbocycles. The van der Waals surface area contributed by atoms with E-state index in [0.29, 0.717) is 27.8 Å². The first kappa shape index (κ1) is 16.8. The van der Waals surface area contributed by atoms with Crippen LogP contribution in [-0.2, 0) is 0 Å². The van der Waals surface area contributed by atoms with Crippen molar-refractivity contribution < 1.29 is 4.79 Å². The van der Waals surface area contributed by atoms with Crippen molar-refractivity contribution in [2.45, 2.75) is 36.9 Å². The van der Waals surface area contributed by atoms with Gasteiger partial charge >= 0.3 is 0 Å². The number of thioether (sulfide) groups is 1. The van der Waals surface area contributed by atoms with Gasteiger partial charge in [0.1, 0.15) is 0 Å². The first-order chi connectivity index (χ1) is 9.97. The highest BCUT2D eigenvalue weighted by molar-refractivity contribution is 8.00. The number of halogens is 2. The van der Waals surface area contributed by atoms with Crippen molar-refractivity contribution >= 4 is 46.6 Å². The van der Waals surface area contributed by atoms with Crippen molar-refractivity contribution in [2.75, 3.05) is 18.5 Å². The molecule has 1 aliphatic carbocycles. The summed E-state index contributed by atoms with van der Waals surface area (Å²) in [6, 6.07) is 3.12. The lowest BCUT2D eigenvalue weighted by Gasteiger charge is -2.35. The van der Waals surface area contributed by atoms with E-state index >= 15 is 0 Å². The van der Waals surface area contributed by atoms with Gasteiger partial charge in [-0.2, -0.15) is 11.8 Å². The van der Waals surface area contributed by atoms with Gasteiger partial charge in [-0.3, -0.25) is 4.79 Å². The summed E-state index contributed by atoms with van der Waals surface area (Å²) in [4.78, 5) is 12.3. The van der Waals surface area contributed by atoms with Crippen molar-refractivity contribution in [3.8, 4) is 0 Å². The predicted octanol–water partition coefficient (Wildman–Crippen LogP) is 4.37. The maximum absolute atomic E-state index is 12.3. The molecule has 0 bridgehead atoms. The Morgan fingerprint density at radius 3 is 2.38 bits per heavy atom.